The van der Waals surface area contributed by atoms with Crippen molar-refractivity contribution in [2.45, 2.75) is 20.0 Å². The SMILES string of the molecule is CCOC(=O)c1sc(NC(=O)CN2CCOC(c3ccc(Br)cc3)C2)cc1C. The average Bonchev–Trinajstić information content (AvgIpc) is 3.02. The van der Waals surface area contributed by atoms with Gasteiger partial charge >= 0.3 is 5.97 Å². The summed E-state index contributed by atoms with van der Waals surface area (Å²) in [6.07, 6.45) is -0.0472. The number of rotatable bonds is 6. The molecule has 0 bridgehead atoms. The van der Waals surface area contributed by atoms with Gasteiger partial charge in [-0.15, -0.1) is 11.3 Å². The zero-order valence-electron chi connectivity index (χ0n) is 15.9. The van der Waals surface area contributed by atoms with Gasteiger partial charge in [-0.05, 0) is 43.2 Å². The summed E-state index contributed by atoms with van der Waals surface area (Å²) in [7, 11) is 0. The van der Waals surface area contributed by atoms with Gasteiger partial charge in [-0.1, -0.05) is 28.1 Å². The van der Waals surface area contributed by atoms with Gasteiger partial charge < -0.3 is 14.8 Å². The molecule has 1 aromatic heterocycles. The van der Waals surface area contributed by atoms with Crippen LogP contribution in [0.15, 0.2) is 34.8 Å². The van der Waals surface area contributed by atoms with Crippen LogP contribution in [-0.4, -0.2) is 49.6 Å². The average molecular weight is 467 g/mol. The first-order chi connectivity index (χ1) is 13.5. The molecule has 1 amide bonds. The van der Waals surface area contributed by atoms with Gasteiger partial charge in [0.25, 0.3) is 0 Å². The second kappa shape index (κ2) is 9.65. The third kappa shape index (κ3) is 5.41. The number of anilines is 1. The van der Waals surface area contributed by atoms with Crippen LogP contribution in [0.2, 0.25) is 0 Å². The summed E-state index contributed by atoms with van der Waals surface area (Å²) in [5.41, 5.74) is 1.90. The zero-order chi connectivity index (χ0) is 20.1. The van der Waals surface area contributed by atoms with Crippen LogP contribution in [0.1, 0.15) is 33.8 Å². The van der Waals surface area contributed by atoms with Crippen LogP contribution < -0.4 is 5.32 Å². The fourth-order valence-electron chi connectivity index (χ4n) is 3.05. The Kier molecular flexibility index (Phi) is 7.23. The first kappa shape index (κ1) is 21.0. The van der Waals surface area contributed by atoms with E-state index < -0.39 is 0 Å². The standard InChI is InChI=1S/C20H23BrN2O4S/c1-3-26-20(25)19-13(2)10-18(28-19)22-17(24)12-23-8-9-27-16(11-23)14-4-6-15(21)7-5-14/h4-7,10,16H,3,8-9,11-12H2,1-2H3,(H,22,24). The van der Waals surface area contributed by atoms with Gasteiger partial charge in [-0.25, -0.2) is 4.79 Å². The summed E-state index contributed by atoms with van der Waals surface area (Å²) in [5.74, 6) is -0.455. The smallest absolute Gasteiger partial charge is 0.348 e. The molecule has 1 aliphatic heterocycles. The highest BCUT2D eigenvalue weighted by molar-refractivity contribution is 9.10. The van der Waals surface area contributed by atoms with Crippen molar-refractivity contribution in [2.24, 2.45) is 0 Å². The lowest BCUT2D eigenvalue weighted by atomic mass is 10.1. The first-order valence-corrected chi connectivity index (χ1v) is 10.7. The van der Waals surface area contributed by atoms with Gasteiger partial charge in [0.1, 0.15) is 4.88 Å². The highest BCUT2D eigenvalue weighted by Gasteiger charge is 2.24. The third-order valence-corrected chi connectivity index (χ3v) is 6.06. The number of morpholine rings is 1. The number of aryl methyl sites for hydroxylation is 1. The largest absolute Gasteiger partial charge is 0.462 e. The maximum atomic E-state index is 12.5. The van der Waals surface area contributed by atoms with Crippen LogP contribution >= 0.6 is 27.3 Å². The fraction of sp³-hybridized carbons (Fsp3) is 0.400. The number of halogens is 1. The summed E-state index contributed by atoms with van der Waals surface area (Å²) in [6, 6.07) is 9.85. The lowest BCUT2D eigenvalue weighted by Crippen LogP contribution is -2.42. The van der Waals surface area contributed by atoms with Crippen molar-refractivity contribution in [3.8, 4) is 0 Å². The number of esters is 1. The summed E-state index contributed by atoms with van der Waals surface area (Å²) < 4.78 is 11.9. The van der Waals surface area contributed by atoms with Crippen molar-refractivity contribution < 1.29 is 19.1 Å². The van der Waals surface area contributed by atoms with Crippen molar-refractivity contribution in [1.29, 1.82) is 0 Å². The Morgan fingerprint density at radius 3 is 2.82 bits per heavy atom. The minimum atomic E-state index is -0.351. The molecule has 6 nitrogen and oxygen atoms in total. The molecule has 1 aliphatic rings. The number of amides is 1. The van der Waals surface area contributed by atoms with Gasteiger partial charge in [0.05, 0.1) is 30.9 Å². The number of hydrogen-bond acceptors (Lipinski definition) is 6. The summed E-state index contributed by atoms with van der Waals surface area (Å²) in [6.45, 7) is 6.16. The van der Waals surface area contributed by atoms with Gasteiger partial charge in [0.15, 0.2) is 0 Å². The van der Waals surface area contributed by atoms with Crippen molar-refractivity contribution in [2.75, 3.05) is 38.2 Å². The maximum Gasteiger partial charge on any atom is 0.348 e. The van der Waals surface area contributed by atoms with Crippen LogP contribution in [0, 0.1) is 6.92 Å². The molecule has 2 aromatic rings. The van der Waals surface area contributed by atoms with Crippen LogP contribution in [0.4, 0.5) is 5.00 Å². The molecule has 1 N–H and O–H groups in total. The van der Waals surface area contributed by atoms with Crippen LogP contribution in [0.5, 0.6) is 0 Å². The molecule has 1 saturated heterocycles. The topological polar surface area (TPSA) is 67.9 Å². The number of carbonyl (C=O) groups is 2. The molecular weight excluding hydrogens is 444 g/mol. The van der Waals surface area contributed by atoms with Crippen molar-refractivity contribution in [3.05, 3.63) is 50.8 Å². The zero-order valence-corrected chi connectivity index (χ0v) is 18.3. The van der Waals surface area contributed by atoms with Gasteiger partial charge in [0, 0.05) is 17.6 Å². The number of benzene rings is 1. The number of nitrogens with one attached hydrogen (secondary N) is 1. The molecule has 0 spiro atoms. The van der Waals surface area contributed by atoms with Crippen LogP contribution in [0.3, 0.4) is 0 Å². The lowest BCUT2D eigenvalue weighted by molar-refractivity contribution is -0.119. The van der Waals surface area contributed by atoms with Crippen molar-refractivity contribution >= 4 is 44.1 Å². The second-order valence-corrected chi connectivity index (χ2v) is 8.51. The summed E-state index contributed by atoms with van der Waals surface area (Å²) in [4.78, 5) is 27.0. The molecule has 8 heteroatoms. The Bertz CT molecular complexity index is 837. The van der Waals surface area contributed by atoms with E-state index in [4.69, 9.17) is 9.47 Å². The lowest BCUT2D eigenvalue weighted by Gasteiger charge is -2.32. The molecule has 28 heavy (non-hydrogen) atoms. The van der Waals surface area contributed by atoms with E-state index in [1.165, 1.54) is 11.3 Å². The van der Waals surface area contributed by atoms with Crippen molar-refractivity contribution in [1.82, 2.24) is 4.90 Å². The number of nitrogens with zero attached hydrogens (tertiary/aromatic N) is 1. The molecular formula is C20H23BrN2O4S. The van der Waals surface area contributed by atoms with Crippen LogP contribution in [0.25, 0.3) is 0 Å². The number of ether oxygens (including phenoxy) is 2. The van der Waals surface area contributed by atoms with Crippen molar-refractivity contribution in [3.63, 3.8) is 0 Å². The molecule has 0 radical (unpaired) electrons. The first-order valence-electron chi connectivity index (χ1n) is 9.13. The van der Waals surface area contributed by atoms with E-state index in [1.807, 2.05) is 31.2 Å². The van der Waals surface area contributed by atoms with Gasteiger partial charge in [0.2, 0.25) is 5.91 Å². The molecule has 1 unspecified atom stereocenters. The Morgan fingerprint density at radius 2 is 2.11 bits per heavy atom. The van der Waals surface area contributed by atoms with E-state index in [0.717, 1.165) is 15.6 Å². The second-order valence-electron chi connectivity index (χ2n) is 6.54. The van der Waals surface area contributed by atoms with E-state index >= 15 is 0 Å². The normalized spacial score (nSPS) is 17.3. The minimum absolute atomic E-state index is 0.0472. The molecule has 150 valence electrons. The highest BCUT2D eigenvalue weighted by atomic mass is 79.9. The molecule has 0 saturated carbocycles. The molecule has 1 atom stereocenters. The van der Waals surface area contributed by atoms with Gasteiger partial charge in [-0.3, -0.25) is 9.69 Å². The maximum absolute atomic E-state index is 12.5. The monoisotopic (exact) mass is 466 g/mol. The quantitative estimate of drug-likeness (QED) is 0.651. The number of carbonyl (C=O) groups excluding carboxylic acids is 2. The molecule has 2 heterocycles. The van der Waals surface area contributed by atoms with E-state index in [1.54, 1.807) is 13.0 Å². The number of hydrogen-bond donors (Lipinski definition) is 1. The molecule has 3 rings (SSSR count). The minimum Gasteiger partial charge on any atom is -0.462 e. The van der Waals surface area contributed by atoms with E-state index in [9.17, 15) is 9.59 Å². The Hall–Kier alpha value is -1.74. The third-order valence-electron chi connectivity index (χ3n) is 4.40. The highest BCUT2D eigenvalue weighted by Crippen LogP contribution is 2.28. The predicted octanol–water partition coefficient (Wildman–Crippen LogP) is 4.01. The molecule has 1 aromatic carbocycles. The van der Waals surface area contributed by atoms with E-state index in [2.05, 4.69) is 26.1 Å². The fourth-order valence-corrected chi connectivity index (χ4v) is 4.30. The number of thiophene rings is 1. The molecule has 0 aliphatic carbocycles. The Balaban J connectivity index is 1.56. The van der Waals surface area contributed by atoms with Gasteiger partial charge in [-0.2, -0.15) is 0 Å². The Morgan fingerprint density at radius 1 is 1.36 bits per heavy atom. The molecule has 1 fully saturated rings. The summed E-state index contributed by atoms with van der Waals surface area (Å²) >= 11 is 4.68. The van der Waals surface area contributed by atoms with E-state index in [-0.39, 0.29) is 24.5 Å². The van der Waals surface area contributed by atoms with Crippen LogP contribution in [-0.2, 0) is 14.3 Å². The Labute approximate surface area is 176 Å². The predicted molar refractivity (Wildman–Crippen MR) is 113 cm³/mol. The van der Waals surface area contributed by atoms with E-state index in [0.29, 0.717) is 36.2 Å². The summed E-state index contributed by atoms with van der Waals surface area (Å²) in [5, 5.41) is 3.55.